The predicted molar refractivity (Wildman–Crippen MR) is 163 cm³/mol. The maximum Gasteiger partial charge on any atom is 0.326 e. The third-order valence-corrected chi connectivity index (χ3v) is 8.43. The van der Waals surface area contributed by atoms with Crippen molar-refractivity contribution in [3.63, 3.8) is 0 Å². The summed E-state index contributed by atoms with van der Waals surface area (Å²) in [5.41, 5.74) is 5.80. The van der Waals surface area contributed by atoms with Crippen molar-refractivity contribution in [1.82, 2.24) is 10.2 Å². The molecule has 0 bridgehead atoms. The van der Waals surface area contributed by atoms with Gasteiger partial charge in [-0.2, -0.15) is 11.8 Å². The van der Waals surface area contributed by atoms with E-state index < -0.39 is 12.0 Å². The first-order chi connectivity index (χ1) is 19.4. The molecule has 1 aliphatic rings. The number of hydrogen-bond donors (Lipinski definition) is 2. The number of likely N-dealkylation sites (tertiary alicyclic amines) is 1. The molecule has 1 heterocycles. The van der Waals surface area contributed by atoms with Gasteiger partial charge in [-0.15, -0.1) is 0 Å². The summed E-state index contributed by atoms with van der Waals surface area (Å²) in [7, 11) is 1.76. The number of carboxylic acid groups (broad SMARTS) is 1. The summed E-state index contributed by atoms with van der Waals surface area (Å²) in [5, 5.41) is 12.5. The minimum Gasteiger partial charge on any atom is -0.480 e. The number of aliphatic carboxylic acids is 1. The Morgan fingerprint density at radius 1 is 1.00 bits per heavy atom. The molecule has 1 amide bonds. The molecule has 7 heteroatoms. The Labute approximate surface area is 242 Å². The van der Waals surface area contributed by atoms with Crippen LogP contribution >= 0.6 is 11.8 Å². The summed E-state index contributed by atoms with van der Waals surface area (Å²) >= 11 is 1.56. The van der Waals surface area contributed by atoms with Crippen LogP contribution < -0.4 is 5.32 Å². The number of rotatable bonds is 13. The number of benzene rings is 3. The molecule has 1 aliphatic heterocycles. The molecule has 3 aromatic rings. The number of methoxy groups -OCH3 is 1. The number of hydrogen-bond acceptors (Lipinski definition) is 5. The van der Waals surface area contributed by atoms with Gasteiger partial charge in [-0.3, -0.25) is 9.69 Å². The molecule has 212 valence electrons. The first kappa shape index (κ1) is 29.8. The van der Waals surface area contributed by atoms with E-state index >= 15 is 0 Å². The van der Waals surface area contributed by atoms with E-state index in [4.69, 9.17) is 4.74 Å². The number of thioether (sulfide) groups is 1. The van der Waals surface area contributed by atoms with Crippen LogP contribution in [-0.2, 0) is 22.5 Å². The lowest BCUT2D eigenvalue weighted by Crippen LogP contribution is -2.41. The molecule has 3 aromatic carbocycles. The molecule has 0 saturated carbocycles. The molecule has 0 aliphatic carbocycles. The van der Waals surface area contributed by atoms with Gasteiger partial charge in [-0.25, -0.2) is 4.79 Å². The van der Waals surface area contributed by atoms with Crippen molar-refractivity contribution in [3.05, 3.63) is 95.1 Å². The fraction of sp³-hybridized carbons (Fsp3) is 0.394. The Morgan fingerprint density at radius 3 is 2.42 bits per heavy atom. The van der Waals surface area contributed by atoms with Crippen molar-refractivity contribution in [2.45, 2.75) is 57.3 Å². The van der Waals surface area contributed by atoms with Gasteiger partial charge in [0.05, 0.1) is 6.61 Å². The second-order valence-electron chi connectivity index (χ2n) is 10.5. The minimum atomic E-state index is -1.01. The van der Waals surface area contributed by atoms with Gasteiger partial charge in [-0.05, 0) is 84.6 Å². The molecular weight excluding hydrogens is 520 g/mol. The van der Waals surface area contributed by atoms with Crippen LogP contribution in [0.1, 0.15) is 46.3 Å². The second-order valence-corrected chi connectivity index (χ2v) is 11.5. The van der Waals surface area contributed by atoms with E-state index in [1.165, 1.54) is 5.56 Å². The van der Waals surface area contributed by atoms with E-state index in [1.807, 2.05) is 49.6 Å². The van der Waals surface area contributed by atoms with Gasteiger partial charge in [-0.1, -0.05) is 60.7 Å². The molecule has 1 fully saturated rings. The highest BCUT2D eigenvalue weighted by Gasteiger charge is 2.33. The molecule has 40 heavy (non-hydrogen) atoms. The van der Waals surface area contributed by atoms with Gasteiger partial charge in [0.2, 0.25) is 0 Å². The van der Waals surface area contributed by atoms with E-state index in [0.717, 1.165) is 48.1 Å². The SMILES string of the molecule is COC[C@H]1CCC(Cc2ccccc2)N1Cc1ccc(C(=O)NC(CCSC)C(=O)O)c(-c2ccccc2C)c1. The summed E-state index contributed by atoms with van der Waals surface area (Å²) in [6.45, 7) is 3.47. The molecule has 2 N–H and O–H groups in total. The zero-order chi connectivity index (χ0) is 28.5. The normalized spacial score (nSPS) is 18.0. The molecule has 1 saturated heterocycles. The average molecular weight is 561 g/mol. The molecule has 6 nitrogen and oxygen atoms in total. The Morgan fingerprint density at radius 2 is 1.73 bits per heavy atom. The lowest BCUT2D eigenvalue weighted by atomic mass is 9.93. The third kappa shape index (κ3) is 7.53. The van der Waals surface area contributed by atoms with Crippen LogP contribution in [0.25, 0.3) is 11.1 Å². The van der Waals surface area contributed by atoms with Crippen LogP contribution in [-0.4, -0.2) is 65.7 Å². The Bertz CT molecular complexity index is 1280. The average Bonchev–Trinajstić information content (AvgIpc) is 3.32. The Kier molecular flexibility index (Phi) is 10.8. The molecule has 3 atom stereocenters. The number of carboxylic acids is 1. The first-order valence-electron chi connectivity index (χ1n) is 13.9. The van der Waals surface area contributed by atoms with Crippen LogP contribution in [0.4, 0.5) is 0 Å². The largest absolute Gasteiger partial charge is 0.480 e. The van der Waals surface area contributed by atoms with E-state index in [9.17, 15) is 14.7 Å². The lowest BCUT2D eigenvalue weighted by molar-refractivity contribution is -0.139. The minimum absolute atomic E-state index is 0.330. The highest BCUT2D eigenvalue weighted by Crippen LogP contribution is 2.32. The standard InChI is InChI=1S/C33H40N2O4S/c1-23-9-7-8-12-28(23)30-20-25(13-16-29(30)32(36)34-31(33(37)38)17-18-40-3)21-35-26(14-15-27(35)22-39-2)19-24-10-5-4-6-11-24/h4-13,16,20,26-27,31H,14-15,17-19,21-22H2,1-3H3,(H,34,36)(H,37,38)/t26?,27-,31?/m1/s1. The van der Waals surface area contributed by atoms with Crippen molar-refractivity contribution in [1.29, 1.82) is 0 Å². The van der Waals surface area contributed by atoms with E-state index in [-0.39, 0.29) is 5.91 Å². The molecule has 0 spiro atoms. The lowest BCUT2D eigenvalue weighted by Gasteiger charge is -2.30. The number of nitrogens with one attached hydrogen (secondary N) is 1. The summed E-state index contributed by atoms with van der Waals surface area (Å²) in [6, 6.07) is 24.4. The topological polar surface area (TPSA) is 78.9 Å². The maximum absolute atomic E-state index is 13.5. The van der Waals surface area contributed by atoms with Gasteiger partial charge >= 0.3 is 5.97 Å². The van der Waals surface area contributed by atoms with Gasteiger partial charge in [0, 0.05) is 31.3 Å². The van der Waals surface area contributed by atoms with Crippen LogP contribution in [0.2, 0.25) is 0 Å². The smallest absolute Gasteiger partial charge is 0.326 e. The highest BCUT2D eigenvalue weighted by atomic mass is 32.2. The van der Waals surface area contributed by atoms with Gasteiger partial charge in [0.25, 0.3) is 5.91 Å². The molecular formula is C33H40N2O4S. The Hall–Kier alpha value is -3.13. The van der Waals surface area contributed by atoms with E-state index in [2.05, 4.69) is 46.6 Å². The number of carbonyl (C=O) groups is 2. The zero-order valence-electron chi connectivity index (χ0n) is 23.6. The Balaban J connectivity index is 1.65. The quantitative estimate of drug-likeness (QED) is 0.274. The summed E-state index contributed by atoms with van der Waals surface area (Å²) in [4.78, 5) is 27.9. The fourth-order valence-corrected chi connectivity index (χ4v) is 6.15. The predicted octanol–water partition coefficient (Wildman–Crippen LogP) is 5.82. The maximum atomic E-state index is 13.5. The van der Waals surface area contributed by atoms with Crippen molar-refractivity contribution >= 4 is 23.6 Å². The van der Waals surface area contributed by atoms with Crippen LogP contribution in [0.15, 0.2) is 72.8 Å². The van der Waals surface area contributed by atoms with Crippen molar-refractivity contribution < 1.29 is 19.4 Å². The third-order valence-electron chi connectivity index (χ3n) is 7.79. The van der Waals surface area contributed by atoms with Crippen molar-refractivity contribution in [2.75, 3.05) is 25.7 Å². The second kappa shape index (κ2) is 14.5. The molecule has 0 radical (unpaired) electrons. The monoisotopic (exact) mass is 560 g/mol. The zero-order valence-corrected chi connectivity index (χ0v) is 24.5. The molecule has 0 aromatic heterocycles. The fourth-order valence-electron chi connectivity index (χ4n) is 5.68. The summed E-state index contributed by atoms with van der Waals surface area (Å²) < 4.78 is 5.59. The van der Waals surface area contributed by atoms with Crippen molar-refractivity contribution in [2.24, 2.45) is 0 Å². The number of carbonyl (C=O) groups excluding carboxylic acids is 1. The van der Waals surface area contributed by atoms with E-state index in [0.29, 0.717) is 36.4 Å². The number of ether oxygens (including phenoxy) is 1. The highest BCUT2D eigenvalue weighted by molar-refractivity contribution is 7.98. The molecule has 2 unspecified atom stereocenters. The van der Waals surface area contributed by atoms with Crippen LogP contribution in [0, 0.1) is 6.92 Å². The van der Waals surface area contributed by atoms with Gasteiger partial charge in [0.1, 0.15) is 6.04 Å². The van der Waals surface area contributed by atoms with Crippen LogP contribution in [0.3, 0.4) is 0 Å². The van der Waals surface area contributed by atoms with Gasteiger partial charge in [0.15, 0.2) is 0 Å². The molecule has 4 rings (SSSR count). The number of aryl methyl sites for hydroxylation is 1. The number of nitrogens with zero attached hydrogens (tertiary/aromatic N) is 1. The van der Waals surface area contributed by atoms with Crippen LogP contribution in [0.5, 0.6) is 0 Å². The van der Waals surface area contributed by atoms with E-state index in [1.54, 1.807) is 18.9 Å². The van der Waals surface area contributed by atoms with Crippen molar-refractivity contribution in [3.8, 4) is 11.1 Å². The summed E-state index contributed by atoms with van der Waals surface area (Å²) in [5.74, 6) is -0.721. The summed E-state index contributed by atoms with van der Waals surface area (Å²) in [6.07, 6.45) is 5.49. The van der Waals surface area contributed by atoms with Gasteiger partial charge < -0.3 is 15.2 Å². The number of amides is 1. The first-order valence-corrected chi connectivity index (χ1v) is 15.3.